The summed E-state index contributed by atoms with van der Waals surface area (Å²) in [5, 5.41) is 13.6. The lowest BCUT2D eigenvalue weighted by atomic mass is 9.96. The first-order chi connectivity index (χ1) is 16.5. The SMILES string of the molecule is CC(=O)O.COc1cccc([C@H]2OCC3=NCC(C)=C(C(F)(F)Cl)N3c3ccc(C#N)cc32)c1Cl. The van der Waals surface area contributed by atoms with Crippen LogP contribution in [0, 0.1) is 11.3 Å². The molecule has 2 aromatic rings. The van der Waals surface area contributed by atoms with Crippen LogP contribution in [0.25, 0.3) is 0 Å². The maximum absolute atomic E-state index is 14.5. The van der Waals surface area contributed by atoms with Gasteiger partial charge >= 0.3 is 5.38 Å². The molecule has 0 spiro atoms. The van der Waals surface area contributed by atoms with Crippen LogP contribution in [0.2, 0.25) is 5.02 Å². The van der Waals surface area contributed by atoms with Crippen LogP contribution < -0.4 is 9.64 Å². The van der Waals surface area contributed by atoms with Crippen LogP contribution in [0.5, 0.6) is 5.75 Å². The Morgan fingerprint density at radius 2 is 2.03 bits per heavy atom. The zero-order valence-electron chi connectivity index (χ0n) is 19.0. The van der Waals surface area contributed by atoms with Crippen molar-refractivity contribution in [3.63, 3.8) is 0 Å². The number of anilines is 1. The number of ether oxygens (including phenoxy) is 2. The van der Waals surface area contributed by atoms with E-state index in [9.17, 15) is 14.0 Å². The maximum Gasteiger partial charge on any atom is 0.363 e. The summed E-state index contributed by atoms with van der Waals surface area (Å²) in [4.78, 5) is 14.8. The van der Waals surface area contributed by atoms with Crippen molar-refractivity contribution in [2.45, 2.75) is 25.3 Å². The van der Waals surface area contributed by atoms with Gasteiger partial charge in [-0.2, -0.15) is 14.0 Å². The van der Waals surface area contributed by atoms with E-state index in [2.05, 4.69) is 11.1 Å². The summed E-state index contributed by atoms with van der Waals surface area (Å²) in [7, 11) is 1.50. The molecule has 0 fully saturated rings. The molecule has 2 aliphatic heterocycles. The molecule has 7 nitrogen and oxygen atoms in total. The molecule has 2 aromatic carbocycles. The van der Waals surface area contributed by atoms with Gasteiger partial charge < -0.3 is 14.6 Å². The molecule has 0 radical (unpaired) electrons. The Bertz CT molecular complexity index is 1250. The van der Waals surface area contributed by atoms with Gasteiger partial charge in [-0.3, -0.25) is 14.7 Å². The third-order valence-electron chi connectivity index (χ3n) is 5.21. The number of rotatable bonds is 3. The van der Waals surface area contributed by atoms with Gasteiger partial charge in [-0.05, 0) is 48.4 Å². The van der Waals surface area contributed by atoms with Crippen LogP contribution in [0.15, 0.2) is 52.7 Å². The van der Waals surface area contributed by atoms with Crippen molar-refractivity contribution in [2.75, 3.05) is 25.2 Å². The zero-order chi connectivity index (χ0) is 25.9. The summed E-state index contributed by atoms with van der Waals surface area (Å²) < 4.78 is 40.4. The Balaban J connectivity index is 0.000000795. The normalized spacial score (nSPS) is 17.1. The molecule has 4 rings (SSSR count). The molecule has 1 N–H and O–H groups in total. The number of aliphatic carboxylic acids is 1. The lowest BCUT2D eigenvalue weighted by Crippen LogP contribution is -2.41. The van der Waals surface area contributed by atoms with E-state index in [0.717, 1.165) is 6.92 Å². The minimum absolute atomic E-state index is 0.0570. The average Bonchev–Trinajstić information content (AvgIpc) is 2.94. The second-order valence-electron chi connectivity index (χ2n) is 7.65. The third-order valence-corrected chi connectivity index (χ3v) is 5.79. The van der Waals surface area contributed by atoms with Crippen molar-refractivity contribution >= 4 is 40.7 Å². The number of methoxy groups -OCH3 is 1. The van der Waals surface area contributed by atoms with Gasteiger partial charge in [0, 0.05) is 18.1 Å². The molecule has 0 unspecified atom stereocenters. The Morgan fingerprint density at radius 3 is 2.63 bits per heavy atom. The largest absolute Gasteiger partial charge is 0.495 e. The molecule has 11 heteroatoms. The summed E-state index contributed by atoms with van der Waals surface area (Å²) in [6.07, 6.45) is -0.746. The summed E-state index contributed by atoms with van der Waals surface area (Å²) in [6.45, 7) is 2.68. The van der Waals surface area contributed by atoms with E-state index in [1.807, 2.05) is 0 Å². The number of alkyl halides is 3. The van der Waals surface area contributed by atoms with Gasteiger partial charge in [-0.25, -0.2) is 0 Å². The molecule has 1 atom stereocenters. The molecule has 184 valence electrons. The number of nitriles is 1. The zero-order valence-corrected chi connectivity index (χ0v) is 20.5. The fraction of sp³-hybridized carbons (Fsp3) is 0.292. The number of hydrogen-bond donors (Lipinski definition) is 1. The van der Waals surface area contributed by atoms with E-state index in [0.29, 0.717) is 44.6 Å². The number of halogens is 4. The number of carbonyl (C=O) groups is 1. The number of fused-ring (bicyclic) bond motifs is 3. The van der Waals surface area contributed by atoms with Crippen molar-refractivity contribution < 1.29 is 28.2 Å². The number of hydrogen-bond acceptors (Lipinski definition) is 6. The lowest BCUT2D eigenvalue weighted by Gasteiger charge is -2.34. The monoisotopic (exact) mass is 523 g/mol. The number of nitrogens with zero attached hydrogens (tertiary/aromatic N) is 3. The standard InChI is InChI=1S/C22H17Cl2F2N3O2.C2H4O2/c1-12-10-28-18-11-31-20(14-4-3-5-17(30-2)19(14)23)15-8-13(9-27)6-7-16(15)29(18)21(12)22(24,25)26;1-2(3)4/h3-8,20H,10-11H2,1-2H3;1H3,(H,3,4)/t20-;/m1./s1. The first-order valence-electron chi connectivity index (χ1n) is 10.3. The number of allylic oxidation sites excluding steroid dienone is 1. The Labute approximate surface area is 210 Å². The first-order valence-corrected chi connectivity index (χ1v) is 11.0. The predicted octanol–water partition coefficient (Wildman–Crippen LogP) is 5.75. The highest BCUT2D eigenvalue weighted by Gasteiger charge is 2.43. The van der Waals surface area contributed by atoms with E-state index >= 15 is 0 Å². The highest BCUT2D eigenvalue weighted by Crippen LogP contribution is 2.46. The molecule has 0 saturated heterocycles. The fourth-order valence-electron chi connectivity index (χ4n) is 3.84. The van der Waals surface area contributed by atoms with Crippen LogP contribution in [-0.4, -0.2) is 42.6 Å². The first kappa shape index (κ1) is 26.4. The van der Waals surface area contributed by atoms with Gasteiger partial charge in [0.05, 0.1) is 36.0 Å². The molecular formula is C24H21Cl2F2N3O4. The number of carboxylic acids is 1. The van der Waals surface area contributed by atoms with Crippen molar-refractivity contribution in [3.05, 3.63) is 69.4 Å². The molecule has 0 amide bonds. The average molecular weight is 524 g/mol. The van der Waals surface area contributed by atoms with E-state index in [1.165, 1.54) is 12.0 Å². The second-order valence-corrected chi connectivity index (χ2v) is 8.51. The number of aliphatic imine (C=N–C) groups is 1. The van der Waals surface area contributed by atoms with Crippen LogP contribution in [0.4, 0.5) is 14.5 Å². The predicted molar refractivity (Wildman–Crippen MR) is 129 cm³/mol. The quantitative estimate of drug-likeness (QED) is 0.514. The van der Waals surface area contributed by atoms with Crippen molar-refractivity contribution in [2.24, 2.45) is 4.99 Å². The molecule has 0 bridgehead atoms. The summed E-state index contributed by atoms with van der Waals surface area (Å²) in [5.41, 5.74) is 1.81. The highest BCUT2D eigenvalue weighted by molar-refractivity contribution is 6.33. The number of carboxylic acid groups (broad SMARTS) is 1. The van der Waals surface area contributed by atoms with Crippen molar-refractivity contribution in [3.8, 4) is 11.8 Å². The summed E-state index contributed by atoms with van der Waals surface area (Å²) in [6, 6.07) is 12.1. The molecule has 2 heterocycles. The number of amidine groups is 1. The van der Waals surface area contributed by atoms with Crippen LogP contribution >= 0.6 is 23.2 Å². The van der Waals surface area contributed by atoms with Crippen molar-refractivity contribution in [1.29, 1.82) is 5.26 Å². The molecule has 2 aliphatic rings. The molecule has 35 heavy (non-hydrogen) atoms. The molecule has 0 aliphatic carbocycles. The minimum Gasteiger partial charge on any atom is -0.495 e. The summed E-state index contributed by atoms with van der Waals surface area (Å²) in [5.74, 6) is -0.0859. The van der Waals surface area contributed by atoms with Gasteiger partial charge in [0.15, 0.2) is 0 Å². The molecular weight excluding hydrogens is 503 g/mol. The Morgan fingerprint density at radius 1 is 1.34 bits per heavy atom. The van der Waals surface area contributed by atoms with Crippen LogP contribution in [0.1, 0.15) is 36.6 Å². The summed E-state index contributed by atoms with van der Waals surface area (Å²) >= 11 is 12.1. The smallest absolute Gasteiger partial charge is 0.363 e. The lowest BCUT2D eigenvalue weighted by molar-refractivity contribution is -0.134. The Kier molecular flexibility index (Phi) is 8.00. The van der Waals surface area contributed by atoms with Gasteiger partial charge in [0.2, 0.25) is 0 Å². The molecule has 0 aromatic heterocycles. The van der Waals surface area contributed by atoms with Gasteiger partial charge in [-0.15, -0.1) is 0 Å². The minimum atomic E-state index is -3.62. The fourth-order valence-corrected chi connectivity index (χ4v) is 4.39. The van der Waals surface area contributed by atoms with Gasteiger partial charge in [-0.1, -0.05) is 23.7 Å². The highest BCUT2D eigenvalue weighted by atomic mass is 35.5. The third kappa shape index (κ3) is 5.56. The van der Waals surface area contributed by atoms with E-state index < -0.39 is 17.5 Å². The van der Waals surface area contributed by atoms with Gasteiger partial charge in [0.1, 0.15) is 30.0 Å². The topological polar surface area (TPSA) is 95.2 Å². The maximum atomic E-state index is 14.5. The van der Waals surface area contributed by atoms with Gasteiger partial charge in [0.25, 0.3) is 5.97 Å². The van der Waals surface area contributed by atoms with Crippen LogP contribution in [-0.2, 0) is 9.53 Å². The van der Waals surface area contributed by atoms with E-state index in [-0.39, 0.29) is 18.8 Å². The van der Waals surface area contributed by atoms with Crippen LogP contribution in [0.3, 0.4) is 0 Å². The Hall–Kier alpha value is -3.19. The second kappa shape index (κ2) is 10.6. The molecule has 0 saturated carbocycles. The van der Waals surface area contributed by atoms with E-state index in [1.54, 1.807) is 43.3 Å². The van der Waals surface area contributed by atoms with Crippen molar-refractivity contribution in [1.82, 2.24) is 0 Å². The van der Waals surface area contributed by atoms with E-state index in [4.69, 9.17) is 42.6 Å². The number of benzene rings is 2.